The summed E-state index contributed by atoms with van der Waals surface area (Å²) in [6, 6.07) is 7.92. The number of methoxy groups -OCH3 is 1. The number of pyridine rings is 1. The number of halogens is 1. The monoisotopic (exact) mass is 666 g/mol. The first-order valence-corrected chi connectivity index (χ1v) is 17.4. The van der Waals surface area contributed by atoms with Gasteiger partial charge in [0.2, 0.25) is 5.91 Å². The van der Waals surface area contributed by atoms with Gasteiger partial charge >= 0.3 is 6.03 Å². The van der Waals surface area contributed by atoms with Crippen LogP contribution in [-0.4, -0.2) is 108 Å². The van der Waals surface area contributed by atoms with Crippen molar-refractivity contribution in [2.75, 3.05) is 64.6 Å². The quantitative estimate of drug-likeness (QED) is 0.238. The zero-order valence-electron chi connectivity index (χ0n) is 27.8. The number of amides is 3. The lowest BCUT2D eigenvalue weighted by molar-refractivity contribution is -0.131. The molecule has 5 heterocycles. The highest BCUT2D eigenvalue weighted by molar-refractivity contribution is 6.35. The second kappa shape index (κ2) is 15.1. The van der Waals surface area contributed by atoms with Crippen molar-refractivity contribution in [3.05, 3.63) is 47.2 Å². The second-order valence-corrected chi connectivity index (χ2v) is 13.2. The van der Waals surface area contributed by atoms with Gasteiger partial charge in [0, 0.05) is 80.9 Å². The number of morpholine rings is 1. The molecule has 254 valence electrons. The van der Waals surface area contributed by atoms with Gasteiger partial charge in [-0.1, -0.05) is 31.4 Å². The average Bonchev–Trinajstić information content (AvgIpc) is 3.71. The third-order valence-corrected chi connectivity index (χ3v) is 10.1. The van der Waals surface area contributed by atoms with E-state index in [-0.39, 0.29) is 24.5 Å². The van der Waals surface area contributed by atoms with Crippen LogP contribution in [0.3, 0.4) is 0 Å². The number of carbonyl (C=O) groups is 2. The number of benzene rings is 1. The summed E-state index contributed by atoms with van der Waals surface area (Å²) in [5.41, 5.74) is 2.33. The Morgan fingerprint density at radius 2 is 1.91 bits per heavy atom. The third kappa shape index (κ3) is 7.32. The summed E-state index contributed by atoms with van der Waals surface area (Å²) >= 11 is 6.83. The molecule has 0 radical (unpaired) electrons. The Hall–Kier alpha value is -3.54. The Morgan fingerprint density at radius 1 is 1.09 bits per heavy atom. The molecule has 0 spiro atoms. The maximum absolute atomic E-state index is 14.0. The van der Waals surface area contributed by atoms with E-state index in [0.29, 0.717) is 47.9 Å². The highest BCUT2D eigenvalue weighted by Gasteiger charge is 2.34. The molecule has 3 aliphatic heterocycles. The van der Waals surface area contributed by atoms with Gasteiger partial charge in [-0.25, -0.2) is 9.78 Å². The Kier molecular flexibility index (Phi) is 10.7. The molecule has 3 fully saturated rings. The molecular formula is C35H47ClN6O5. The van der Waals surface area contributed by atoms with Crippen molar-refractivity contribution in [3.63, 3.8) is 0 Å². The van der Waals surface area contributed by atoms with Gasteiger partial charge in [0.05, 0.1) is 32.0 Å². The molecule has 0 unspecified atom stereocenters. The van der Waals surface area contributed by atoms with Crippen molar-refractivity contribution in [1.82, 2.24) is 24.3 Å². The molecule has 11 nitrogen and oxygen atoms in total. The number of ether oxygens (including phenoxy) is 3. The molecule has 2 aromatic heterocycles. The molecule has 0 bridgehead atoms. The highest BCUT2D eigenvalue weighted by Crippen LogP contribution is 2.35. The van der Waals surface area contributed by atoms with Crippen LogP contribution in [0.1, 0.15) is 51.5 Å². The largest absolute Gasteiger partial charge is 0.493 e. The van der Waals surface area contributed by atoms with Crippen molar-refractivity contribution in [1.29, 1.82) is 0 Å². The Morgan fingerprint density at radius 3 is 2.70 bits per heavy atom. The minimum absolute atomic E-state index is 0.0296. The number of nitrogens with zero attached hydrogens (tertiary/aromatic N) is 6. The standard InChI is InChI=1S/C35H47ClN6O5/c1-4-5-6-17-47-31-20-27(7-8-30(31)45-3)41-14-10-25(2)42(35(41)44)21-26-9-12-37-34-33(26)29(36)23-40(34)24-32(43)39-13-11-28(22-39)38-15-18-46-19-16-38/h7-9,12,20,23,25,28H,4-6,10-11,13-19,21-22,24H2,1-3H3/t25-,28-/m0/s1. The summed E-state index contributed by atoms with van der Waals surface area (Å²) in [6.07, 6.45) is 8.49. The van der Waals surface area contributed by atoms with Gasteiger partial charge in [0.15, 0.2) is 11.5 Å². The van der Waals surface area contributed by atoms with Crippen LogP contribution < -0.4 is 14.4 Å². The van der Waals surface area contributed by atoms with Crippen LogP contribution in [0.15, 0.2) is 36.7 Å². The van der Waals surface area contributed by atoms with E-state index in [1.165, 1.54) is 0 Å². The molecule has 3 amide bonds. The van der Waals surface area contributed by atoms with Gasteiger partial charge in [-0.05, 0) is 49.9 Å². The smallest absolute Gasteiger partial charge is 0.325 e. The van der Waals surface area contributed by atoms with Crippen molar-refractivity contribution < 1.29 is 23.8 Å². The summed E-state index contributed by atoms with van der Waals surface area (Å²) in [7, 11) is 1.63. The molecule has 3 aliphatic rings. The number of rotatable bonds is 12. The molecule has 2 atom stereocenters. The van der Waals surface area contributed by atoms with Crippen molar-refractivity contribution in [3.8, 4) is 11.5 Å². The van der Waals surface area contributed by atoms with Crippen LogP contribution in [0.5, 0.6) is 11.5 Å². The number of aromatic nitrogens is 2. The molecule has 12 heteroatoms. The fraction of sp³-hybridized carbons (Fsp3) is 0.571. The fourth-order valence-electron chi connectivity index (χ4n) is 6.97. The zero-order valence-corrected chi connectivity index (χ0v) is 28.6. The zero-order chi connectivity index (χ0) is 32.9. The fourth-order valence-corrected chi connectivity index (χ4v) is 7.30. The average molecular weight is 667 g/mol. The van der Waals surface area contributed by atoms with Gasteiger partial charge in [-0.2, -0.15) is 0 Å². The SMILES string of the molecule is CCCCCOc1cc(N2CC[C@H](C)N(Cc3ccnc4c3c(Cl)cn4CC(=O)N3CC[C@H](N4CCOCC4)C3)C2=O)ccc1OC. The summed E-state index contributed by atoms with van der Waals surface area (Å²) in [4.78, 5) is 40.2. The lowest BCUT2D eigenvalue weighted by Gasteiger charge is -2.40. The normalized spacial score (nSPS) is 20.8. The van der Waals surface area contributed by atoms with E-state index < -0.39 is 0 Å². The van der Waals surface area contributed by atoms with Crippen molar-refractivity contribution in [2.45, 2.75) is 71.1 Å². The predicted molar refractivity (Wildman–Crippen MR) is 182 cm³/mol. The van der Waals surface area contributed by atoms with Crippen LogP contribution >= 0.6 is 11.6 Å². The van der Waals surface area contributed by atoms with E-state index in [4.69, 9.17) is 25.8 Å². The molecule has 47 heavy (non-hydrogen) atoms. The number of unbranched alkanes of at least 4 members (excludes halogenated alkanes) is 2. The van der Waals surface area contributed by atoms with Crippen LogP contribution in [0.2, 0.25) is 5.02 Å². The molecular weight excluding hydrogens is 620 g/mol. The van der Waals surface area contributed by atoms with Crippen molar-refractivity contribution >= 4 is 40.3 Å². The van der Waals surface area contributed by atoms with Crippen LogP contribution in [0.25, 0.3) is 11.0 Å². The van der Waals surface area contributed by atoms with Gasteiger partial charge in [-0.3, -0.25) is 14.6 Å². The van der Waals surface area contributed by atoms with Gasteiger partial charge in [0.25, 0.3) is 0 Å². The summed E-state index contributed by atoms with van der Waals surface area (Å²) < 4.78 is 18.9. The van der Waals surface area contributed by atoms with E-state index in [0.717, 1.165) is 88.1 Å². The maximum atomic E-state index is 14.0. The van der Waals surface area contributed by atoms with E-state index in [1.54, 1.807) is 19.5 Å². The Labute approximate surface area is 282 Å². The van der Waals surface area contributed by atoms with E-state index >= 15 is 0 Å². The summed E-state index contributed by atoms with van der Waals surface area (Å²) in [5, 5.41) is 1.30. The first-order valence-electron chi connectivity index (χ1n) is 17.0. The Balaban J connectivity index is 1.16. The van der Waals surface area contributed by atoms with E-state index in [2.05, 4.69) is 23.7 Å². The summed E-state index contributed by atoms with van der Waals surface area (Å²) in [6.45, 7) is 10.8. The Bertz CT molecular complexity index is 1560. The number of anilines is 1. The minimum Gasteiger partial charge on any atom is -0.493 e. The highest BCUT2D eigenvalue weighted by atomic mass is 35.5. The number of hydrogen-bond donors (Lipinski definition) is 0. The molecule has 0 N–H and O–H groups in total. The maximum Gasteiger partial charge on any atom is 0.325 e. The first-order chi connectivity index (χ1) is 22.9. The lowest BCUT2D eigenvalue weighted by atomic mass is 10.1. The number of hydrogen-bond acceptors (Lipinski definition) is 7. The third-order valence-electron chi connectivity index (χ3n) is 9.77. The minimum atomic E-state index is -0.0783. The summed E-state index contributed by atoms with van der Waals surface area (Å²) in [5.74, 6) is 1.35. The number of likely N-dealkylation sites (tertiary alicyclic amines) is 1. The van der Waals surface area contributed by atoms with E-state index in [9.17, 15) is 9.59 Å². The second-order valence-electron chi connectivity index (χ2n) is 12.8. The van der Waals surface area contributed by atoms with Crippen LogP contribution in [0, 0.1) is 0 Å². The number of urea groups is 1. The predicted octanol–water partition coefficient (Wildman–Crippen LogP) is 5.42. The first kappa shape index (κ1) is 33.4. The molecule has 3 aromatic rings. The molecule has 6 rings (SSSR count). The van der Waals surface area contributed by atoms with Gasteiger partial charge in [-0.15, -0.1) is 0 Å². The van der Waals surface area contributed by atoms with Crippen molar-refractivity contribution in [2.24, 2.45) is 0 Å². The molecule has 0 saturated carbocycles. The molecule has 1 aromatic carbocycles. The van der Waals surface area contributed by atoms with E-state index in [1.807, 2.05) is 43.5 Å². The topological polar surface area (TPSA) is 92.6 Å². The lowest BCUT2D eigenvalue weighted by Crippen LogP contribution is -2.53. The number of fused-ring (bicyclic) bond motifs is 1. The number of carbonyl (C=O) groups excluding carboxylic acids is 2. The molecule has 0 aliphatic carbocycles. The molecule has 3 saturated heterocycles. The van der Waals surface area contributed by atoms with Crippen LogP contribution in [0.4, 0.5) is 10.5 Å². The van der Waals surface area contributed by atoms with Gasteiger partial charge < -0.3 is 28.6 Å². The van der Waals surface area contributed by atoms with Crippen LogP contribution in [-0.2, 0) is 22.6 Å². The van der Waals surface area contributed by atoms with Gasteiger partial charge in [0.1, 0.15) is 12.2 Å².